The second-order valence-electron chi connectivity index (χ2n) is 13.3. The Morgan fingerprint density at radius 2 is 1.70 bits per heavy atom. The number of ether oxygens (including phenoxy) is 3. The molecule has 0 amide bonds. The van der Waals surface area contributed by atoms with Gasteiger partial charge in [0.25, 0.3) is 20.2 Å². The summed E-state index contributed by atoms with van der Waals surface area (Å²) in [5.41, 5.74) is -8.27. The highest BCUT2D eigenvalue weighted by Crippen LogP contribution is 2.73. The molecule has 13 nitrogen and oxygen atoms in total. The van der Waals surface area contributed by atoms with E-state index < -0.39 is 115 Å². The van der Waals surface area contributed by atoms with Crippen molar-refractivity contribution in [3.8, 4) is 0 Å². The van der Waals surface area contributed by atoms with E-state index >= 15 is 4.39 Å². The van der Waals surface area contributed by atoms with Crippen LogP contribution in [-0.2, 0) is 57.2 Å². The van der Waals surface area contributed by atoms with E-state index in [1.54, 1.807) is 20.8 Å². The van der Waals surface area contributed by atoms with Crippen LogP contribution >= 0.6 is 0 Å². The molecule has 4 fully saturated rings. The molecule has 1 heterocycles. The zero-order chi connectivity index (χ0) is 33.1. The number of hydrogen-bond donors (Lipinski definition) is 1. The number of allylic oxidation sites excluding steroid dienone is 3. The van der Waals surface area contributed by atoms with Crippen LogP contribution in [0.3, 0.4) is 0 Å². The number of aliphatic hydroxyl groups excluding tert-OH is 1. The number of alkyl halides is 1. The van der Waals surface area contributed by atoms with Gasteiger partial charge in [-0.25, -0.2) is 4.39 Å². The summed E-state index contributed by atoms with van der Waals surface area (Å²) in [5, 5.41) is 11.9. The monoisotopic (exact) mass is 664 g/mol. The van der Waals surface area contributed by atoms with Gasteiger partial charge < -0.3 is 19.3 Å². The Bertz CT molecular complexity index is 1590. The Morgan fingerprint density at radius 3 is 2.27 bits per heavy atom. The van der Waals surface area contributed by atoms with Crippen LogP contribution in [0.2, 0.25) is 0 Å². The van der Waals surface area contributed by atoms with Gasteiger partial charge in [0, 0.05) is 23.7 Å². The molecule has 0 bridgehead atoms. The van der Waals surface area contributed by atoms with Gasteiger partial charge in [0.15, 0.2) is 29.4 Å². The predicted octanol–water partition coefficient (Wildman–Crippen LogP) is 0.899. The molecule has 246 valence electrons. The van der Waals surface area contributed by atoms with E-state index in [2.05, 4.69) is 0 Å². The highest BCUT2D eigenvalue weighted by Gasteiger charge is 2.82. The van der Waals surface area contributed by atoms with Gasteiger partial charge >= 0.3 is 5.97 Å². The lowest BCUT2D eigenvalue weighted by Crippen LogP contribution is -2.75. The normalized spacial score (nSPS) is 44.2. The van der Waals surface area contributed by atoms with Gasteiger partial charge in [0.05, 0.1) is 24.7 Å². The van der Waals surface area contributed by atoms with Crippen LogP contribution in [-0.4, -0.2) is 100 Å². The zero-order valence-electron chi connectivity index (χ0n) is 25.4. The van der Waals surface area contributed by atoms with Gasteiger partial charge in [-0.2, -0.15) is 16.8 Å². The molecule has 4 aliphatic carbocycles. The first kappa shape index (κ1) is 33.3. The molecule has 3 saturated carbocycles. The molecule has 5 aliphatic rings. The molecule has 0 aromatic rings. The van der Waals surface area contributed by atoms with E-state index in [1.165, 1.54) is 13.0 Å². The van der Waals surface area contributed by atoms with Crippen LogP contribution in [0.5, 0.6) is 0 Å². The van der Waals surface area contributed by atoms with Gasteiger partial charge in [-0.3, -0.25) is 22.7 Å². The molecule has 0 aromatic heterocycles. The van der Waals surface area contributed by atoms with Crippen molar-refractivity contribution in [3.05, 3.63) is 23.8 Å². The van der Waals surface area contributed by atoms with E-state index in [0.29, 0.717) is 12.5 Å². The molecule has 1 saturated heterocycles. The third-order valence-electron chi connectivity index (χ3n) is 10.1. The minimum atomic E-state index is -4.45. The third kappa shape index (κ3) is 4.74. The van der Waals surface area contributed by atoms with Crippen LogP contribution < -0.4 is 0 Å². The van der Waals surface area contributed by atoms with Crippen LogP contribution in [0.15, 0.2) is 23.8 Å². The van der Waals surface area contributed by atoms with Gasteiger partial charge in [0.2, 0.25) is 5.78 Å². The van der Waals surface area contributed by atoms with Gasteiger partial charge in [-0.15, -0.1) is 0 Å². The van der Waals surface area contributed by atoms with Crippen LogP contribution in [0.4, 0.5) is 4.39 Å². The number of ketones is 2. The molecule has 44 heavy (non-hydrogen) atoms. The second-order valence-corrected chi connectivity index (χ2v) is 16.5. The van der Waals surface area contributed by atoms with Crippen molar-refractivity contribution in [2.75, 3.05) is 19.1 Å². The molecule has 0 aromatic carbocycles. The minimum absolute atomic E-state index is 0.109. The largest absolute Gasteiger partial charge is 0.458 e. The molecule has 0 unspecified atom stereocenters. The maximum absolute atomic E-state index is 18.2. The number of hydrogen-bond acceptors (Lipinski definition) is 13. The summed E-state index contributed by atoms with van der Waals surface area (Å²) in [7, 11) is -8.83. The average molecular weight is 665 g/mol. The fourth-order valence-electron chi connectivity index (χ4n) is 8.66. The SMILES string of the molecule is CC(=O)OCC(=O)[C@@]12OC(C)(C)O[C@@H]1C[C@H]1[C@@H]3[C@@H](OS(C)(=O)=O)[C@@H](OS(C)(=O)=O)C4=CC(=O)C=C[C@]4(C)[C@@]3(F)[C@@H](O)C[C@@]12C. The summed E-state index contributed by atoms with van der Waals surface area (Å²) < 4.78 is 97.0. The van der Waals surface area contributed by atoms with E-state index in [-0.39, 0.29) is 12.0 Å². The van der Waals surface area contributed by atoms with Crippen LogP contribution in [0.1, 0.15) is 47.5 Å². The molecule has 16 heteroatoms. The maximum atomic E-state index is 18.2. The Labute approximate surface area is 255 Å². The number of rotatable bonds is 7. The topological polar surface area (TPSA) is 186 Å². The van der Waals surface area contributed by atoms with E-state index in [4.69, 9.17) is 22.6 Å². The summed E-state index contributed by atoms with van der Waals surface area (Å²) in [5.74, 6) is -6.12. The zero-order valence-corrected chi connectivity index (χ0v) is 27.0. The van der Waals surface area contributed by atoms with E-state index in [1.807, 2.05) is 0 Å². The highest BCUT2D eigenvalue weighted by molar-refractivity contribution is 7.86. The summed E-state index contributed by atoms with van der Waals surface area (Å²) >= 11 is 0. The number of halogens is 1. The van der Waals surface area contributed by atoms with Crippen LogP contribution in [0.25, 0.3) is 0 Å². The average Bonchev–Trinajstić information content (AvgIpc) is 3.26. The summed E-state index contributed by atoms with van der Waals surface area (Å²) in [6.07, 6.45) is -2.57. The molecular weight excluding hydrogens is 627 g/mol. The second kappa shape index (κ2) is 9.96. The lowest BCUT2D eigenvalue weighted by molar-refractivity contribution is -0.264. The van der Waals surface area contributed by atoms with E-state index in [9.17, 15) is 36.3 Å². The minimum Gasteiger partial charge on any atom is -0.458 e. The van der Waals surface area contributed by atoms with Crippen molar-refractivity contribution in [3.63, 3.8) is 0 Å². The van der Waals surface area contributed by atoms with Crippen molar-refractivity contribution < 1.29 is 63.3 Å². The number of carbonyl (C=O) groups excluding carboxylic acids is 3. The van der Waals surface area contributed by atoms with Crippen LogP contribution in [0, 0.1) is 22.7 Å². The molecule has 0 spiro atoms. The molecule has 5 rings (SSSR count). The maximum Gasteiger partial charge on any atom is 0.303 e. The molecule has 10 atom stereocenters. The quantitative estimate of drug-likeness (QED) is 0.299. The lowest BCUT2D eigenvalue weighted by atomic mass is 9.43. The fourth-order valence-corrected chi connectivity index (χ4v) is 9.88. The van der Waals surface area contributed by atoms with Crippen molar-refractivity contribution in [2.45, 2.75) is 88.9 Å². The summed E-state index contributed by atoms with van der Waals surface area (Å²) in [6.45, 7) is 6.48. The Morgan fingerprint density at radius 1 is 1.09 bits per heavy atom. The van der Waals surface area contributed by atoms with E-state index in [0.717, 1.165) is 19.1 Å². The van der Waals surface area contributed by atoms with Gasteiger partial charge in [0.1, 0.15) is 12.2 Å². The van der Waals surface area contributed by atoms with Crippen molar-refractivity contribution in [1.82, 2.24) is 0 Å². The molecule has 1 aliphatic heterocycles. The van der Waals surface area contributed by atoms with Crippen molar-refractivity contribution >= 4 is 37.8 Å². The standard InChI is InChI=1S/C28H37FO13S2/c1-14(30)38-13-19(33)28-20(39-24(2,3)42-28)11-16-21-23(41-44(7,36)37)22(40-43(6,34)35)17-10-15(31)8-9-25(17,4)27(21,29)18(32)12-26(16,28)5/h8-10,16,18,20-23,32H,11-13H2,1-7H3/t16-,18-,20+,21+,22-,23+,25-,26-,27+,28+/m0/s1. The highest BCUT2D eigenvalue weighted by atomic mass is 32.2. The first-order chi connectivity index (χ1) is 19.9. The molecule has 0 radical (unpaired) electrons. The Hall–Kier alpha value is -2.08. The summed E-state index contributed by atoms with van der Waals surface area (Å²) in [6, 6.07) is 0. The fraction of sp³-hybridized carbons (Fsp3) is 0.750. The number of Topliss-reactive ketones (excluding diaryl/α,β-unsaturated/α-hetero) is 1. The first-order valence-corrected chi connectivity index (χ1v) is 17.7. The van der Waals surface area contributed by atoms with Crippen molar-refractivity contribution in [2.24, 2.45) is 22.7 Å². The predicted molar refractivity (Wildman–Crippen MR) is 148 cm³/mol. The summed E-state index contributed by atoms with van der Waals surface area (Å²) in [4.78, 5) is 38.2. The Balaban J connectivity index is 1.77. The molecule has 1 N–H and O–H groups in total. The molecular formula is C28H37FO13S2. The number of esters is 1. The number of carbonyl (C=O) groups is 3. The number of fused-ring (bicyclic) bond motifs is 7. The number of aliphatic hydroxyl groups is 1. The smallest absolute Gasteiger partial charge is 0.303 e. The van der Waals surface area contributed by atoms with Gasteiger partial charge in [-0.05, 0) is 57.3 Å². The van der Waals surface area contributed by atoms with Gasteiger partial charge in [-0.1, -0.05) is 13.0 Å². The first-order valence-electron chi connectivity index (χ1n) is 14.1. The lowest BCUT2D eigenvalue weighted by Gasteiger charge is -2.65. The van der Waals surface area contributed by atoms with Crippen molar-refractivity contribution in [1.29, 1.82) is 0 Å². The third-order valence-corrected chi connectivity index (χ3v) is 11.2. The Kier molecular flexibility index (Phi) is 7.53.